The van der Waals surface area contributed by atoms with Crippen LogP contribution >= 0.6 is 23.4 Å². The van der Waals surface area contributed by atoms with Crippen molar-refractivity contribution in [2.75, 3.05) is 5.32 Å². The smallest absolute Gasteiger partial charge is 0.423 e. The Hall–Kier alpha value is -1.47. The minimum absolute atomic E-state index is 0.239. The van der Waals surface area contributed by atoms with Crippen molar-refractivity contribution in [1.29, 1.82) is 0 Å². The van der Waals surface area contributed by atoms with Crippen LogP contribution in [0.15, 0.2) is 47.4 Å². The molecular weight excluding hydrogens is 308 g/mol. The normalized spacial score (nSPS) is 13.1. The second kappa shape index (κ2) is 6.11. The van der Waals surface area contributed by atoms with Crippen LogP contribution in [0.2, 0.25) is 5.02 Å². The number of nitrogens with one attached hydrogen (secondary N) is 1. The zero-order chi connectivity index (χ0) is 14.8. The molecule has 7 heteroatoms. The molecule has 0 saturated carbocycles. The summed E-state index contributed by atoms with van der Waals surface area (Å²) in [5, 5.41) is 12.5. The summed E-state index contributed by atoms with van der Waals surface area (Å²) in [4.78, 5) is 12.9. The van der Waals surface area contributed by atoms with E-state index in [1.165, 1.54) is 0 Å². The summed E-state index contributed by atoms with van der Waals surface area (Å²) < 4.78 is 5.11. The van der Waals surface area contributed by atoms with Gasteiger partial charge in [0, 0.05) is 10.4 Å². The predicted molar refractivity (Wildman–Crippen MR) is 85.2 cm³/mol. The van der Waals surface area contributed by atoms with Crippen molar-refractivity contribution in [1.82, 2.24) is 0 Å². The maximum atomic E-state index is 12.0. The van der Waals surface area contributed by atoms with Gasteiger partial charge in [0.25, 0.3) is 5.24 Å². The largest absolute Gasteiger partial charge is 0.493 e. The van der Waals surface area contributed by atoms with Gasteiger partial charge in [-0.1, -0.05) is 35.9 Å². The summed E-state index contributed by atoms with van der Waals surface area (Å²) in [6.45, 7) is 0.323. The van der Waals surface area contributed by atoms with Gasteiger partial charge in [-0.05, 0) is 35.5 Å². The van der Waals surface area contributed by atoms with Crippen LogP contribution in [-0.2, 0) is 11.3 Å². The molecule has 106 valence electrons. The van der Waals surface area contributed by atoms with Gasteiger partial charge in [0.2, 0.25) is 0 Å². The van der Waals surface area contributed by atoms with Crippen LogP contribution in [0.25, 0.3) is 0 Å². The molecule has 1 amide bonds. The van der Waals surface area contributed by atoms with Crippen molar-refractivity contribution < 1.29 is 14.5 Å². The average molecular weight is 320 g/mol. The summed E-state index contributed by atoms with van der Waals surface area (Å²) in [7, 11) is -1.04. The lowest BCUT2D eigenvalue weighted by Crippen LogP contribution is -2.29. The highest BCUT2D eigenvalue weighted by molar-refractivity contribution is 8.13. The number of hydrogen-bond donors (Lipinski definition) is 2. The fraction of sp³-hybridized carbons (Fsp3) is 0.0714. The van der Waals surface area contributed by atoms with E-state index >= 15 is 0 Å². The number of carbonyl (C=O) groups is 1. The van der Waals surface area contributed by atoms with Gasteiger partial charge in [-0.3, -0.25) is 4.79 Å². The van der Waals surface area contributed by atoms with Crippen LogP contribution in [0.5, 0.6) is 0 Å². The first kappa shape index (κ1) is 14.5. The van der Waals surface area contributed by atoms with Crippen molar-refractivity contribution in [2.45, 2.75) is 11.5 Å². The molecule has 4 nitrogen and oxygen atoms in total. The SMILES string of the molecule is O=C(Nc1ccc2c(c1Cl)B(O)OC2)Sc1ccccc1. The summed E-state index contributed by atoms with van der Waals surface area (Å²) in [5.74, 6) is 0. The molecule has 2 N–H and O–H groups in total. The predicted octanol–water partition coefficient (Wildman–Crippen LogP) is 2.88. The molecule has 0 radical (unpaired) electrons. The summed E-state index contributed by atoms with van der Waals surface area (Å²) >= 11 is 7.31. The Morgan fingerprint density at radius 3 is 2.81 bits per heavy atom. The number of benzene rings is 2. The number of thioether (sulfide) groups is 1. The molecule has 0 bridgehead atoms. The molecule has 3 rings (SSSR count). The minimum Gasteiger partial charge on any atom is -0.423 e. The molecule has 1 heterocycles. The molecular formula is C14H11BClNO3S. The van der Waals surface area contributed by atoms with E-state index in [2.05, 4.69) is 5.32 Å². The van der Waals surface area contributed by atoms with Crippen molar-refractivity contribution in [3.05, 3.63) is 53.1 Å². The highest BCUT2D eigenvalue weighted by Gasteiger charge is 2.31. The Morgan fingerprint density at radius 1 is 1.29 bits per heavy atom. The summed E-state index contributed by atoms with van der Waals surface area (Å²) in [6.07, 6.45) is 0. The van der Waals surface area contributed by atoms with Gasteiger partial charge < -0.3 is 15.0 Å². The second-order valence-corrected chi connectivity index (χ2v) is 5.92. The van der Waals surface area contributed by atoms with Gasteiger partial charge in [0.05, 0.1) is 17.3 Å². The third-order valence-electron chi connectivity index (χ3n) is 3.10. The Labute approximate surface area is 131 Å². The van der Waals surface area contributed by atoms with Gasteiger partial charge in [0.1, 0.15) is 0 Å². The highest BCUT2D eigenvalue weighted by atomic mass is 35.5. The molecule has 0 unspecified atom stereocenters. The number of hydrogen-bond acceptors (Lipinski definition) is 4. The Morgan fingerprint density at radius 2 is 2.05 bits per heavy atom. The molecule has 0 aromatic heterocycles. The van der Waals surface area contributed by atoms with E-state index in [-0.39, 0.29) is 5.24 Å². The number of rotatable bonds is 2. The van der Waals surface area contributed by atoms with Crippen LogP contribution in [0, 0.1) is 0 Å². The molecule has 2 aromatic carbocycles. The highest BCUT2D eigenvalue weighted by Crippen LogP contribution is 2.27. The maximum absolute atomic E-state index is 12.0. The average Bonchev–Trinajstić information content (AvgIpc) is 2.85. The number of carbonyl (C=O) groups excluding carboxylic acids is 1. The molecule has 0 spiro atoms. The third-order valence-corrected chi connectivity index (χ3v) is 4.31. The first-order valence-corrected chi connectivity index (χ1v) is 7.49. The van der Waals surface area contributed by atoms with Gasteiger partial charge in [-0.25, -0.2) is 0 Å². The summed E-state index contributed by atoms with van der Waals surface area (Å²) in [5.41, 5.74) is 1.83. The molecule has 2 aromatic rings. The maximum Gasteiger partial charge on any atom is 0.493 e. The van der Waals surface area contributed by atoms with Crippen molar-refractivity contribution in [2.24, 2.45) is 0 Å². The van der Waals surface area contributed by atoms with Crippen molar-refractivity contribution in [3.63, 3.8) is 0 Å². The van der Waals surface area contributed by atoms with Crippen molar-refractivity contribution >= 4 is 46.9 Å². The van der Waals surface area contributed by atoms with E-state index in [1.54, 1.807) is 12.1 Å². The Bertz CT molecular complexity index is 683. The van der Waals surface area contributed by atoms with Gasteiger partial charge >= 0.3 is 7.12 Å². The molecule has 1 aliphatic rings. The van der Waals surface area contributed by atoms with Crippen molar-refractivity contribution in [3.8, 4) is 0 Å². The fourth-order valence-corrected chi connectivity index (χ4v) is 3.10. The number of fused-ring (bicyclic) bond motifs is 1. The fourth-order valence-electron chi connectivity index (χ4n) is 2.11. The van der Waals surface area contributed by atoms with Crippen LogP contribution < -0.4 is 10.8 Å². The summed E-state index contributed by atoms with van der Waals surface area (Å²) in [6, 6.07) is 12.8. The Kier molecular flexibility index (Phi) is 4.21. The molecule has 0 saturated heterocycles. The zero-order valence-corrected chi connectivity index (χ0v) is 12.4. The second-order valence-electron chi connectivity index (χ2n) is 4.49. The molecule has 0 aliphatic carbocycles. The van der Waals surface area contributed by atoms with E-state index in [1.807, 2.05) is 30.3 Å². The van der Waals surface area contributed by atoms with Gasteiger partial charge in [-0.2, -0.15) is 0 Å². The monoisotopic (exact) mass is 319 g/mol. The van der Waals surface area contributed by atoms with Gasteiger partial charge in [-0.15, -0.1) is 0 Å². The lowest BCUT2D eigenvalue weighted by molar-refractivity contribution is 0.269. The lowest BCUT2D eigenvalue weighted by atomic mass is 9.79. The lowest BCUT2D eigenvalue weighted by Gasteiger charge is -2.10. The number of amides is 1. The van der Waals surface area contributed by atoms with Crippen LogP contribution in [0.1, 0.15) is 5.56 Å². The third kappa shape index (κ3) is 3.08. The standard InChI is InChI=1S/C14H11BClNO3S/c16-13-11(7-6-9-8-20-15(19)12(9)13)17-14(18)21-10-4-2-1-3-5-10/h1-7,19H,8H2,(H,17,18). The van der Waals surface area contributed by atoms with E-state index in [0.29, 0.717) is 22.8 Å². The number of anilines is 1. The minimum atomic E-state index is -1.04. The quantitative estimate of drug-likeness (QED) is 0.660. The first-order chi connectivity index (χ1) is 10.1. The van der Waals surface area contributed by atoms with Crippen LogP contribution in [0.3, 0.4) is 0 Å². The topological polar surface area (TPSA) is 58.6 Å². The van der Waals surface area contributed by atoms with E-state index in [0.717, 1.165) is 22.2 Å². The van der Waals surface area contributed by atoms with Crippen LogP contribution in [-0.4, -0.2) is 17.4 Å². The van der Waals surface area contributed by atoms with Crippen LogP contribution in [0.4, 0.5) is 10.5 Å². The molecule has 0 atom stereocenters. The molecule has 0 fully saturated rings. The molecule has 21 heavy (non-hydrogen) atoms. The molecule has 1 aliphatic heterocycles. The zero-order valence-electron chi connectivity index (χ0n) is 10.9. The van der Waals surface area contributed by atoms with Gasteiger partial charge in [0.15, 0.2) is 0 Å². The Balaban J connectivity index is 1.77. The van der Waals surface area contributed by atoms with E-state index < -0.39 is 7.12 Å². The van der Waals surface area contributed by atoms with E-state index in [4.69, 9.17) is 16.3 Å². The van der Waals surface area contributed by atoms with E-state index in [9.17, 15) is 9.82 Å². The first-order valence-electron chi connectivity index (χ1n) is 6.30. The number of halogens is 1.